The number of aromatic amines is 1. The van der Waals surface area contributed by atoms with Crippen molar-refractivity contribution in [2.75, 3.05) is 5.75 Å². The fraction of sp³-hybridized carbons (Fsp3) is 0.0588. The fourth-order valence-corrected chi connectivity index (χ4v) is 4.47. The first-order valence-electron chi connectivity index (χ1n) is 7.89. The fourth-order valence-electron chi connectivity index (χ4n) is 2.37. The number of hydrazone groups is 1. The van der Waals surface area contributed by atoms with Crippen LogP contribution in [0, 0.1) is 0 Å². The predicted molar refractivity (Wildman–Crippen MR) is 112 cm³/mol. The molecule has 0 saturated carbocycles. The van der Waals surface area contributed by atoms with Gasteiger partial charge in [-0.25, -0.2) is 10.4 Å². The predicted octanol–water partition coefficient (Wildman–Crippen LogP) is 4.83. The molecule has 0 unspecified atom stereocenters. The number of thiophene rings is 1. The molecule has 0 aliphatic heterocycles. The van der Waals surface area contributed by atoms with Gasteiger partial charge in [-0.05, 0) is 18.2 Å². The molecule has 0 spiro atoms. The van der Waals surface area contributed by atoms with Crippen LogP contribution >= 0.6 is 46.3 Å². The number of nitrogens with zero attached hydrogens (tertiary/aromatic N) is 3. The molecule has 11 heteroatoms. The van der Waals surface area contributed by atoms with Crippen LogP contribution in [0.2, 0.25) is 8.67 Å². The van der Waals surface area contributed by atoms with E-state index in [0.717, 1.165) is 11.1 Å². The number of benzene rings is 1. The minimum Gasteiger partial charge on any atom is -0.431 e. The number of fused-ring (bicyclic) bond motifs is 1. The molecule has 0 radical (unpaired) electrons. The molecule has 1 aromatic carbocycles. The summed E-state index contributed by atoms with van der Waals surface area (Å²) in [4.78, 5) is 16.3. The Hall–Kier alpha value is -2.33. The first-order valence-corrected chi connectivity index (χ1v) is 10.4. The Balaban J connectivity index is 1.35. The van der Waals surface area contributed by atoms with Crippen LogP contribution < -0.4 is 5.43 Å². The van der Waals surface area contributed by atoms with Crippen molar-refractivity contribution >= 4 is 69.5 Å². The molecule has 3 aromatic heterocycles. The van der Waals surface area contributed by atoms with Gasteiger partial charge in [0.15, 0.2) is 5.58 Å². The van der Waals surface area contributed by atoms with Gasteiger partial charge < -0.3 is 4.42 Å². The Morgan fingerprint density at radius 2 is 2.25 bits per heavy atom. The number of thioether (sulfide) groups is 1. The van der Waals surface area contributed by atoms with Crippen molar-refractivity contribution in [1.29, 1.82) is 0 Å². The molecule has 2 N–H and O–H groups in total. The molecular weight excluding hydrogens is 441 g/mol. The minimum atomic E-state index is -0.287. The number of aromatic nitrogens is 3. The average Bonchev–Trinajstić information content (AvgIpc) is 3.37. The highest BCUT2D eigenvalue weighted by Crippen LogP contribution is 2.38. The summed E-state index contributed by atoms with van der Waals surface area (Å²) in [6.07, 6.45) is 3.07. The Morgan fingerprint density at radius 3 is 3.04 bits per heavy atom. The van der Waals surface area contributed by atoms with E-state index in [4.69, 9.17) is 27.6 Å². The molecule has 4 aromatic rings. The van der Waals surface area contributed by atoms with Gasteiger partial charge >= 0.3 is 0 Å². The highest BCUT2D eigenvalue weighted by molar-refractivity contribution is 7.99. The Kier molecular flexibility index (Phi) is 5.67. The Labute approximate surface area is 177 Å². The van der Waals surface area contributed by atoms with Crippen molar-refractivity contribution in [2.45, 2.75) is 5.22 Å². The SMILES string of the molecule is O=C(CSc1nc2ccccc2o1)N/N=C/c1cn[nH]c1-c1cc(Cl)sc1Cl. The van der Waals surface area contributed by atoms with Crippen molar-refractivity contribution in [3.8, 4) is 11.3 Å². The molecule has 0 saturated heterocycles. The van der Waals surface area contributed by atoms with Crippen molar-refractivity contribution in [3.63, 3.8) is 0 Å². The second kappa shape index (κ2) is 8.36. The summed E-state index contributed by atoms with van der Waals surface area (Å²) in [7, 11) is 0. The maximum atomic E-state index is 12.0. The number of hydrogen-bond acceptors (Lipinski definition) is 7. The van der Waals surface area contributed by atoms with Crippen LogP contribution in [-0.2, 0) is 4.79 Å². The van der Waals surface area contributed by atoms with Gasteiger partial charge in [0.1, 0.15) is 9.85 Å². The molecule has 28 heavy (non-hydrogen) atoms. The van der Waals surface area contributed by atoms with Gasteiger partial charge in [-0.3, -0.25) is 9.89 Å². The van der Waals surface area contributed by atoms with E-state index >= 15 is 0 Å². The van der Waals surface area contributed by atoms with Crippen molar-refractivity contribution < 1.29 is 9.21 Å². The molecule has 1 amide bonds. The summed E-state index contributed by atoms with van der Waals surface area (Å²) < 4.78 is 6.67. The molecule has 0 fully saturated rings. The van der Waals surface area contributed by atoms with Crippen LogP contribution in [0.3, 0.4) is 0 Å². The Morgan fingerprint density at radius 1 is 1.39 bits per heavy atom. The van der Waals surface area contributed by atoms with E-state index in [9.17, 15) is 4.79 Å². The number of para-hydroxylation sites is 2. The number of nitrogens with one attached hydrogen (secondary N) is 2. The van der Waals surface area contributed by atoms with Crippen molar-refractivity contribution in [2.24, 2.45) is 5.10 Å². The molecule has 4 rings (SSSR count). The van der Waals surface area contributed by atoms with Gasteiger partial charge in [0.2, 0.25) is 0 Å². The lowest BCUT2D eigenvalue weighted by Crippen LogP contribution is -2.19. The third-order valence-corrected chi connectivity index (χ3v) is 5.90. The number of oxazole rings is 1. The number of H-pyrrole nitrogens is 1. The van der Waals surface area contributed by atoms with Crippen LogP contribution in [0.4, 0.5) is 0 Å². The zero-order chi connectivity index (χ0) is 19.5. The smallest absolute Gasteiger partial charge is 0.257 e. The zero-order valence-corrected chi connectivity index (χ0v) is 17.1. The topological polar surface area (TPSA) is 96.2 Å². The summed E-state index contributed by atoms with van der Waals surface area (Å²) in [5.41, 5.74) is 5.97. The van der Waals surface area contributed by atoms with E-state index in [1.165, 1.54) is 29.3 Å². The number of halogens is 2. The monoisotopic (exact) mass is 451 g/mol. The Bertz CT molecular complexity index is 1130. The van der Waals surface area contributed by atoms with E-state index in [-0.39, 0.29) is 11.7 Å². The van der Waals surface area contributed by atoms with Gasteiger partial charge in [0.25, 0.3) is 11.1 Å². The maximum Gasteiger partial charge on any atom is 0.257 e. The first-order chi connectivity index (χ1) is 13.6. The van der Waals surface area contributed by atoms with Gasteiger partial charge in [0, 0.05) is 11.1 Å². The third kappa shape index (κ3) is 4.22. The van der Waals surface area contributed by atoms with Gasteiger partial charge in [-0.15, -0.1) is 11.3 Å². The molecule has 0 aliphatic rings. The molecule has 0 bridgehead atoms. The second-order valence-corrected chi connectivity index (χ2v) is 8.68. The molecule has 0 atom stereocenters. The lowest BCUT2D eigenvalue weighted by Gasteiger charge is -1.98. The summed E-state index contributed by atoms with van der Waals surface area (Å²) in [5.74, 6) is -0.167. The molecular formula is C17H11Cl2N5O2S2. The normalized spacial score (nSPS) is 11.5. The number of carbonyl (C=O) groups excluding carboxylic acids is 1. The van der Waals surface area contributed by atoms with E-state index in [2.05, 4.69) is 25.7 Å². The average molecular weight is 452 g/mol. The van der Waals surface area contributed by atoms with Gasteiger partial charge in [-0.2, -0.15) is 10.2 Å². The van der Waals surface area contributed by atoms with E-state index in [1.807, 2.05) is 24.3 Å². The maximum absolute atomic E-state index is 12.0. The van der Waals surface area contributed by atoms with Crippen LogP contribution in [0.1, 0.15) is 5.56 Å². The number of hydrogen-bond donors (Lipinski definition) is 2. The standard InChI is InChI=1S/C17H11Cl2N5O2S2/c18-13-5-10(16(19)28-13)15-9(7-21-24-15)6-20-23-14(25)8-27-17-22-11-3-1-2-4-12(11)26-17/h1-7H,8H2,(H,21,24)(H,23,25)/b20-6+. The van der Waals surface area contributed by atoms with Crippen LogP contribution in [0.5, 0.6) is 0 Å². The van der Waals surface area contributed by atoms with Crippen LogP contribution in [0.25, 0.3) is 22.4 Å². The molecule has 3 heterocycles. The van der Waals surface area contributed by atoms with E-state index in [1.54, 1.807) is 12.3 Å². The highest BCUT2D eigenvalue weighted by atomic mass is 35.5. The highest BCUT2D eigenvalue weighted by Gasteiger charge is 2.13. The molecule has 0 aliphatic carbocycles. The summed E-state index contributed by atoms with van der Waals surface area (Å²) in [6.45, 7) is 0. The third-order valence-electron chi connectivity index (χ3n) is 3.59. The van der Waals surface area contributed by atoms with Gasteiger partial charge in [-0.1, -0.05) is 47.1 Å². The van der Waals surface area contributed by atoms with E-state index in [0.29, 0.717) is 30.7 Å². The molecule has 142 valence electrons. The second-order valence-electron chi connectivity index (χ2n) is 5.47. The minimum absolute atomic E-state index is 0.119. The number of amides is 1. The quantitative estimate of drug-likeness (QED) is 0.248. The number of carbonyl (C=O) groups is 1. The summed E-state index contributed by atoms with van der Waals surface area (Å²) in [5, 5.41) is 11.3. The number of rotatable bonds is 6. The van der Waals surface area contributed by atoms with Gasteiger partial charge in [0.05, 0.1) is 28.2 Å². The zero-order valence-electron chi connectivity index (χ0n) is 14.0. The summed E-state index contributed by atoms with van der Waals surface area (Å²) in [6, 6.07) is 9.16. The lowest BCUT2D eigenvalue weighted by molar-refractivity contribution is -0.118. The van der Waals surface area contributed by atoms with Crippen LogP contribution in [-0.4, -0.2) is 33.1 Å². The lowest BCUT2D eigenvalue weighted by atomic mass is 10.2. The van der Waals surface area contributed by atoms with Crippen molar-refractivity contribution in [1.82, 2.24) is 20.6 Å². The molecule has 7 nitrogen and oxygen atoms in total. The summed E-state index contributed by atoms with van der Waals surface area (Å²) >= 11 is 14.6. The van der Waals surface area contributed by atoms with E-state index < -0.39 is 0 Å². The van der Waals surface area contributed by atoms with Crippen molar-refractivity contribution in [3.05, 3.63) is 50.8 Å². The first kappa shape index (κ1) is 19.0. The van der Waals surface area contributed by atoms with Crippen LogP contribution in [0.15, 0.2) is 51.3 Å². The largest absolute Gasteiger partial charge is 0.431 e.